The van der Waals surface area contributed by atoms with Gasteiger partial charge in [-0.1, -0.05) is 60.7 Å². The van der Waals surface area contributed by atoms with Crippen LogP contribution in [0.5, 0.6) is 0 Å². The van der Waals surface area contributed by atoms with Crippen molar-refractivity contribution in [1.82, 2.24) is 0 Å². The van der Waals surface area contributed by atoms with Crippen LogP contribution in [-0.4, -0.2) is 59.1 Å². The van der Waals surface area contributed by atoms with Gasteiger partial charge in [0, 0.05) is 18.6 Å². The van der Waals surface area contributed by atoms with Crippen LogP contribution in [0, 0.1) is 25.6 Å². The van der Waals surface area contributed by atoms with Gasteiger partial charge in [-0.3, -0.25) is 29.8 Å². The molecule has 0 heterocycles. The maximum absolute atomic E-state index is 13.2. The lowest BCUT2D eigenvalue weighted by atomic mass is 9.88. The zero-order valence-electron chi connectivity index (χ0n) is 25.2. The Kier molecular flexibility index (Phi) is 13.5. The van der Waals surface area contributed by atoms with E-state index in [-0.39, 0.29) is 19.6 Å². The van der Waals surface area contributed by atoms with Crippen molar-refractivity contribution in [2.75, 3.05) is 13.2 Å². The van der Waals surface area contributed by atoms with Crippen LogP contribution in [0.15, 0.2) is 72.1 Å². The van der Waals surface area contributed by atoms with Gasteiger partial charge in [-0.15, -0.1) is 0 Å². The van der Waals surface area contributed by atoms with Crippen LogP contribution in [0.3, 0.4) is 0 Å². The van der Waals surface area contributed by atoms with Gasteiger partial charge < -0.3 is 18.9 Å². The van der Waals surface area contributed by atoms with Crippen molar-refractivity contribution < 1.29 is 48.0 Å². The quantitative estimate of drug-likeness (QED) is 0.111. The molecule has 2 atom stereocenters. The predicted octanol–water partition coefficient (Wildman–Crippen LogP) is 4.38. The van der Waals surface area contributed by atoms with E-state index < -0.39 is 69.2 Å². The molecule has 0 aliphatic heterocycles. The van der Waals surface area contributed by atoms with Gasteiger partial charge in [-0.05, 0) is 45.2 Å². The molecule has 0 fully saturated rings. The summed E-state index contributed by atoms with van der Waals surface area (Å²) in [6.07, 6.45) is -2.71. The maximum atomic E-state index is 13.2. The summed E-state index contributed by atoms with van der Waals surface area (Å²) in [5.41, 5.74) is -2.30. The Morgan fingerprint density at radius 3 is 1.51 bits per heavy atom. The standard InChI is InChI=1S/C31H34N2O12/c1-5-42-28(35)26(23(32(38)39)19-21-13-9-7-10-14-21)44-25(34)17-18-31(3,4)30(37)45-27(29(36)43-6-2)24(33(40)41)20-22-15-11-8-12-16-22/h7-16,19-20,26-27H,5-6,17-18H2,1-4H3/b23-19+,24-20+/t26-,27+/m1/s1. The van der Waals surface area contributed by atoms with E-state index in [9.17, 15) is 39.4 Å². The van der Waals surface area contributed by atoms with Crippen LogP contribution in [-0.2, 0) is 38.1 Å². The van der Waals surface area contributed by atoms with Crippen LogP contribution in [0.2, 0.25) is 0 Å². The first-order valence-electron chi connectivity index (χ1n) is 13.9. The van der Waals surface area contributed by atoms with Crippen LogP contribution in [0.1, 0.15) is 51.7 Å². The molecule has 240 valence electrons. The summed E-state index contributed by atoms with van der Waals surface area (Å²) >= 11 is 0. The number of ether oxygens (including phenoxy) is 4. The minimum atomic E-state index is -2.03. The van der Waals surface area contributed by atoms with E-state index in [0.717, 1.165) is 12.2 Å². The van der Waals surface area contributed by atoms with Gasteiger partial charge in [0.05, 0.1) is 28.5 Å². The fourth-order valence-corrected chi connectivity index (χ4v) is 3.76. The van der Waals surface area contributed by atoms with E-state index in [2.05, 4.69) is 0 Å². The van der Waals surface area contributed by atoms with Crippen molar-refractivity contribution in [3.8, 4) is 0 Å². The van der Waals surface area contributed by atoms with E-state index >= 15 is 0 Å². The highest BCUT2D eigenvalue weighted by atomic mass is 16.6. The Balaban J connectivity index is 2.26. The molecule has 2 rings (SSSR count). The zero-order valence-corrected chi connectivity index (χ0v) is 25.2. The summed E-state index contributed by atoms with van der Waals surface area (Å²) in [6, 6.07) is 16.0. The molecular weight excluding hydrogens is 592 g/mol. The minimum Gasteiger partial charge on any atom is -0.463 e. The number of hydrogen-bond donors (Lipinski definition) is 0. The third kappa shape index (κ3) is 11.0. The second-order valence-electron chi connectivity index (χ2n) is 10.0. The highest BCUT2D eigenvalue weighted by Crippen LogP contribution is 2.28. The van der Waals surface area contributed by atoms with Gasteiger partial charge >= 0.3 is 23.9 Å². The number of nitro groups is 2. The molecule has 45 heavy (non-hydrogen) atoms. The molecule has 0 saturated heterocycles. The first kappa shape index (κ1) is 35.8. The summed E-state index contributed by atoms with van der Waals surface area (Å²) < 4.78 is 20.3. The Bertz CT molecular complexity index is 1430. The molecule has 0 aliphatic carbocycles. The van der Waals surface area contributed by atoms with Crippen LogP contribution >= 0.6 is 0 Å². The van der Waals surface area contributed by atoms with Gasteiger partial charge in [0.1, 0.15) is 0 Å². The number of rotatable bonds is 16. The number of hydrogen-bond acceptors (Lipinski definition) is 12. The number of esters is 4. The molecule has 2 aromatic rings. The normalized spacial score (nSPS) is 13.2. The maximum Gasteiger partial charge on any atom is 0.358 e. The number of nitrogens with zero attached hydrogens (tertiary/aromatic N) is 2. The highest BCUT2D eigenvalue weighted by Gasteiger charge is 2.42. The summed E-state index contributed by atoms with van der Waals surface area (Å²) in [6.45, 7) is 5.37. The molecule has 0 unspecified atom stereocenters. The molecule has 0 aromatic heterocycles. The first-order valence-corrected chi connectivity index (χ1v) is 13.9. The molecular formula is C31H34N2O12. The second-order valence-corrected chi connectivity index (χ2v) is 10.0. The summed E-state index contributed by atoms with van der Waals surface area (Å²) in [5.74, 6) is -4.49. The van der Waals surface area contributed by atoms with E-state index in [4.69, 9.17) is 18.9 Å². The Labute approximate surface area is 258 Å². The number of carbonyl (C=O) groups is 4. The average Bonchev–Trinajstić information content (AvgIpc) is 3.00. The largest absolute Gasteiger partial charge is 0.463 e. The third-order valence-corrected chi connectivity index (χ3v) is 6.17. The Hall–Kier alpha value is -5.40. The van der Waals surface area contributed by atoms with E-state index in [1.54, 1.807) is 60.7 Å². The molecule has 0 aliphatic rings. The van der Waals surface area contributed by atoms with Crippen LogP contribution in [0.4, 0.5) is 0 Å². The minimum absolute atomic E-state index is 0.144. The topological polar surface area (TPSA) is 191 Å². The van der Waals surface area contributed by atoms with Crippen LogP contribution in [0.25, 0.3) is 12.2 Å². The van der Waals surface area contributed by atoms with Gasteiger partial charge in [0.2, 0.25) is 0 Å². The molecule has 14 heteroatoms. The van der Waals surface area contributed by atoms with E-state index in [1.807, 2.05) is 0 Å². The molecule has 14 nitrogen and oxygen atoms in total. The van der Waals surface area contributed by atoms with E-state index in [0.29, 0.717) is 11.1 Å². The van der Waals surface area contributed by atoms with E-state index in [1.165, 1.54) is 27.7 Å². The SMILES string of the molecule is CCOC(=O)[C@@H](OC(=O)C(C)(C)CCC(=O)O[C@@H](C(=O)OCC)/C(=C\c1ccccc1)[N+](=O)[O-])/C(=C\c1ccccc1)[N+](=O)[O-]. The molecule has 0 radical (unpaired) electrons. The summed E-state index contributed by atoms with van der Waals surface area (Å²) in [5, 5.41) is 23.8. The smallest absolute Gasteiger partial charge is 0.358 e. The molecule has 0 bridgehead atoms. The second kappa shape index (κ2) is 17.0. The highest BCUT2D eigenvalue weighted by molar-refractivity contribution is 5.86. The zero-order chi connectivity index (χ0) is 33.6. The third-order valence-electron chi connectivity index (χ3n) is 6.17. The number of benzene rings is 2. The lowest BCUT2D eigenvalue weighted by Gasteiger charge is -2.24. The van der Waals surface area contributed by atoms with Crippen molar-refractivity contribution in [1.29, 1.82) is 0 Å². The Morgan fingerprint density at radius 2 is 1.13 bits per heavy atom. The van der Waals surface area contributed by atoms with Crippen molar-refractivity contribution in [2.45, 2.75) is 52.7 Å². The fraction of sp³-hybridized carbons (Fsp3) is 0.355. The molecule has 0 spiro atoms. The molecule has 0 amide bonds. The average molecular weight is 627 g/mol. The molecule has 0 N–H and O–H groups in total. The first-order chi connectivity index (χ1) is 21.3. The predicted molar refractivity (Wildman–Crippen MR) is 159 cm³/mol. The summed E-state index contributed by atoms with van der Waals surface area (Å²) in [7, 11) is 0. The lowest BCUT2D eigenvalue weighted by molar-refractivity contribution is -0.432. The van der Waals surface area contributed by atoms with Gasteiger partial charge in [0.25, 0.3) is 23.6 Å². The van der Waals surface area contributed by atoms with Crippen molar-refractivity contribution in [3.63, 3.8) is 0 Å². The van der Waals surface area contributed by atoms with Crippen molar-refractivity contribution in [3.05, 3.63) is 103 Å². The monoisotopic (exact) mass is 626 g/mol. The molecule has 0 saturated carbocycles. The van der Waals surface area contributed by atoms with Gasteiger partial charge in [-0.2, -0.15) is 0 Å². The van der Waals surface area contributed by atoms with Crippen LogP contribution < -0.4 is 0 Å². The lowest BCUT2D eigenvalue weighted by Crippen LogP contribution is -2.39. The van der Waals surface area contributed by atoms with Gasteiger partial charge in [0.15, 0.2) is 0 Å². The Morgan fingerprint density at radius 1 is 0.733 bits per heavy atom. The van der Waals surface area contributed by atoms with Crippen molar-refractivity contribution >= 4 is 36.0 Å². The number of carbonyl (C=O) groups excluding carboxylic acids is 4. The van der Waals surface area contributed by atoms with Gasteiger partial charge in [-0.25, -0.2) is 9.59 Å². The fourth-order valence-electron chi connectivity index (χ4n) is 3.76. The summed E-state index contributed by atoms with van der Waals surface area (Å²) in [4.78, 5) is 73.3. The molecule has 2 aromatic carbocycles. The van der Waals surface area contributed by atoms with Crippen molar-refractivity contribution in [2.24, 2.45) is 5.41 Å².